The molecule has 1 fully saturated rings. The molecule has 0 aliphatic carbocycles. The zero-order valence-electron chi connectivity index (χ0n) is 11.8. The highest BCUT2D eigenvalue weighted by molar-refractivity contribution is 5.26. The fraction of sp³-hybridized carbons (Fsp3) is 0.353. The summed E-state index contributed by atoms with van der Waals surface area (Å²) in [6, 6.07) is 14.4. The van der Waals surface area contributed by atoms with Gasteiger partial charge in [-0.2, -0.15) is 0 Å². The molecule has 3 nitrogen and oxygen atoms in total. The lowest BCUT2D eigenvalue weighted by atomic mass is 9.95. The molecule has 1 aromatic heterocycles. The summed E-state index contributed by atoms with van der Waals surface area (Å²) in [6.07, 6.45) is 3.00. The lowest BCUT2D eigenvalue weighted by Crippen LogP contribution is -2.22. The molecule has 0 bridgehead atoms. The molecular formula is C17H20N2O. The van der Waals surface area contributed by atoms with E-state index in [2.05, 4.69) is 34.6 Å². The van der Waals surface area contributed by atoms with Crippen molar-refractivity contribution >= 4 is 0 Å². The van der Waals surface area contributed by atoms with Crippen LogP contribution in [0.3, 0.4) is 0 Å². The van der Waals surface area contributed by atoms with Crippen LogP contribution in [0.5, 0.6) is 5.88 Å². The summed E-state index contributed by atoms with van der Waals surface area (Å²) in [7, 11) is 0. The van der Waals surface area contributed by atoms with Gasteiger partial charge in [-0.05, 0) is 31.5 Å². The van der Waals surface area contributed by atoms with E-state index in [9.17, 15) is 0 Å². The van der Waals surface area contributed by atoms with Crippen molar-refractivity contribution in [1.29, 1.82) is 0 Å². The fourth-order valence-corrected chi connectivity index (χ4v) is 2.73. The fourth-order valence-electron chi connectivity index (χ4n) is 2.73. The number of aryl methyl sites for hydroxylation is 1. The zero-order chi connectivity index (χ0) is 13.8. The first kappa shape index (κ1) is 13.1. The number of pyridine rings is 1. The third-order valence-corrected chi connectivity index (χ3v) is 3.85. The van der Waals surface area contributed by atoms with Gasteiger partial charge in [0.05, 0.1) is 0 Å². The molecule has 2 aromatic rings. The molecule has 20 heavy (non-hydrogen) atoms. The van der Waals surface area contributed by atoms with Crippen LogP contribution in [0.2, 0.25) is 0 Å². The van der Waals surface area contributed by atoms with E-state index in [0.29, 0.717) is 5.92 Å². The van der Waals surface area contributed by atoms with Crippen LogP contribution in [-0.2, 0) is 0 Å². The number of hydrogen-bond acceptors (Lipinski definition) is 3. The van der Waals surface area contributed by atoms with Gasteiger partial charge < -0.3 is 10.1 Å². The molecule has 2 atom stereocenters. The number of rotatable bonds is 4. The minimum absolute atomic E-state index is 0.0693. The van der Waals surface area contributed by atoms with Gasteiger partial charge in [0.1, 0.15) is 6.10 Å². The number of aromatic nitrogens is 1. The van der Waals surface area contributed by atoms with Crippen molar-refractivity contribution in [2.24, 2.45) is 5.92 Å². The smallest absolute Gasteiger partial charge is 0.216 e. The van der Waals surface area contributed by atoms with E-state index < -0.39 is 0 Å². The van der Waals surface area contributed by atoms with E-state index in [-0.39, 0.29) is 6.10 Å². The number of nitrogens with zero attached hydrogens (tertiary/aromatic N) is 1. The minimum Gasteiger partial charge on any atom is -0.469 e. The molecule has 3 rings (SSSR count). The molecule has 0 saturated carbocycles. The SMILES string of the molecule is Cc1cccnc1O[C@H](c1ccccc1)[C@@H]1CCNC1. The van der Waals surface area contributed by atoms with Gasteiger partial charge in [0.2, 0.25) is 5.88 Å². The van der Waals surface area contributed by atoms with Gasteiger partial charge in [-0.15, -0.1) is 0 Å². The second-order valence-corrected chi connectivity index (χ2v) is 5.33. The highest BCUT2D eigenvalue weighted by Gasteiger charge is 2.28. The summed E-state index contributed by atoms with van der Waals surface area (Å²) in [5, 5.41) is 3.42. The van der Waals surface area contributed by atoms with Gasteiger partial charge in [0.15, 0.2) is 0 Å². The van der Waals surface area contributed by atoms with Gasteiger partial charge >= 0.3 is 0 Å². The molecular weight excluding hydrogens is 248 g/mol. The van der Waals surface area contributed by atoms with Crippen molar-refractivity contribution < 1.29 is 4.74 Å². The van der Waals surface area contributed by atoms with Gasteiger partial charge in [0.25, 0.3) is 0 Å². The molecule has 1 N–H and O–H groups in total. The zero-order valence-corrected chi connectivity index (χ0v) is 11.8. The van der Waals surface area contributed by atoms with Crippen molar-refractivity contribution in [2.75, 3.05) is 13.1 Å². The summed E-state index contributed by atoms with van der Waals surface area (Å²) in [5.74, 6) is 1.24. The van der Waals surface area contributed by atoms with Crippen molar-refractivity contribution in [3.63, 3.8) is 0 Å². The molecule has 1 aliphatic rings. The lowest BCUT2D eigenvalue weighted by molar-refractivity contribution is 0.137. The second-order valence-electron chi connectivity index (χ2n) is 5.33. The molecule has 1 saturated heterocycles. The Labute approximate surface area is 120 Å². The Kier molecular flexibility index (Phi) is 3.97. The Bertz CT molecular complexity index is 550. The Morgan fingerprint density at radius 3 is 2.75 bits per heavy atom. The Morgan fingerprint density at radius 1 is 1.20 bits per heavy atom. The van der Waals surface area contributed by atoms with Crippen LogP contribution in [0.25, 0.3) is 0 Å². The summed E-state index contributed by atoms with van der Waals surface area (Å²) in [4.78, 5) is 4.37. The van der Waals surface area contributed by atoms with Crippen LogP contribution in [-0.4, -0.2) is 18.1 Å². The van der Waals surface area contributed by atoms with Crippen LogP contribution >= 0.6 is 0 Å². The maximum Gasteiger partial charge on any atom is 0.216 e. The average Bonchev–Trinajstić information content (AvgIpc) is 3.01. The first-order chi connectivity index (χ1) is 9.84. The van der Waals surface area contributed by atoms with Gasteiger partial charge in [-0.25, -0.2) is 4.98 Å². The highest BCUT2D eigenvalue weighted by Crippen LogP contribution is 2.32. The summed E-state index contributed by atoms with van der Waals surface area (Å²) < 4.78 is 6.26. The third kappa shape index (κ3) is 2.83. The minimum atomic E-state index is 0.0693. The summed E-state index contributed by atoms with van der Waals surface area (Å²) in [6.45, 7) is 4.11. The third-order valence-electron chi connectivity index (χ3n) is 3.85. The van der Waals surface area contributed by atoms with Crippen LogP contribution in [0.1, 0.15) is 23.7 Å². The molecule has 1 aliphatic heterocycles. The average molecular weight is 268 g/mol. The Morgan fingerprint density at radius 2 is 2.05 bits per heavy atom. The number of ether oxygens (including phenoxy) is 1. The first-order valence-corrected chi connectivity index (χ1v) is 7.18. The van der Waals surface area contributed by atoms with E-state index in [1.54, 1.807) is 6.20 Å². The van der Waals surface area contributed by atoms with Crippen molar-refractivity contribution in [3.05, 3.63) is 59.8 Å². The van der Waals surface area contributed by atoms with Crippen LogP contribution in [0.15, 0.2) is 48.7 Å². The quantitative estimate of drug-likeness (QED) is 0.925. The van der Waals surface area contributed by atoms with E-state index in [1.165, 1.54) is 5.56 Å². The highest BCUT2D eigenvalue weighted by atomic mass is 16.5. The van der Waals surface area contributed by atoms with Crippen molar-refractivity contribution in [3.8, 4) is 5.88 Å². The predicted octanol–water partition coefficient (Wildman–Crippen LogP) is 3.12. The Hall–Kier alpha value is -1.87. The largest absolute Gasteiger partial charge is 0.469 e. The van der Waals surface area contributed by atoms with E-state index in [1.807, 2.05) is 25.1 Å². The second kappa shape index (κ2) is 6.06. The van der Waals surface area contributed by atoms with Crippen molar-refractivity contribution in [1.82, 2.24) is 10.3 Å². The predicted molar refractivity (Wildman–Crippen MR) is 79.8 cm³/mol. The van der Waals surface area contributed by atoms with Crippen molar-refractivity contribution in [2.45, 2.75) is 19.4 Å². The summed E-state index contributed by atoms with van der Waals surface area (Å²) in [5.41, 5.74) is 2.31. The van der Waals surface area contributed by atoms with Crippen LogP contribution in [0.4, 0.5) is 0 Å². The van der Waals surface area contributed by atoms with Crippen LogP contribution in [0, 0.1) is 12.8 Å². The van der Waals surface area contributed by atoms with Gasteiger partial charge in [0, 0.05) is 24.2 Å². The molecule has 104 valence electrons. The lowest BCUT2D eigenvalue weighted by Gasteiger charge is -2.25. The molecule has 0 unspecified atom stereocenters. The molecule has 1 aromatic carbocycles. The topological polar surface area (TPSA) is 34.1 Å². The van der Waals surface area contributed by atoms with E-state index >= 15 is 0 Å². The standard InChI is InChI=1S/C17H20N2O/c1-13-6-5-10-19-17(13)20-16(15-9-11-18-12-15)14-7-3-2-4-8-14/h2-8,10,15-16,18H,9,11-12H2,1H3/t15-,16-/m1/s1. The molecule has 2 heterocycles. The first-order valence-electron chi connectivity index (χ1n) is 7.18. The molecule has 3 heteroatoms. The number of hydrogen-bond donors (Lipinski definition) is 1. The molecule has 0 radical (unpaired) electrons. The maximum atomic E-state index is 6.26. The summed E-state index contributed by atoms with van der Waals surface area (Å²) >= 11 is 0. The maximum absolute atomic E-state index is 6.26. The monoisotopic (exact) mass is 268 g/mol. The van der Waals surface area contributed by atoms with E-state index in [0.717, 1.165) is 31.0 Å². The molecule has 0 spiro atoms. The normalized spacial score (nSPS) is 19.8. The van der Waals surface area contributed by atoms with Crippen LogP contribution < -0.4 is 10.1 Å². The Balaban J connectivity index is 1.88. The molecule has 0 amide bonds. The van der Waals surface area contributed by atoms with Gasteiger partial charge in [-0.1, -0.05) is 36.4 Å². The number of benzene rings is 1. The van der Waals surface area contributed by atoms with E-state index in [4.69, 9.17) is 4.74 Å². The van der Waals surface area contributed by atoms with Gasteiger partial charge in [-0.3, -0.25) is 0 Å². The number of nitrogens with one attached hydrogen (secondary N) is 1.